The molecule has 0 saturated heterocycles. The number of hydrogen-bond acceptors (Lipinski definition) is 2. The van der Waals surface area contributed by atoms with Gasteiger partial charge in [0.2, 0.25) is 0 Å². The van der Waals surface area contributed by atoms with Crippen molar-refractivity contribution in [3.63, 3.8) is 0 Å². The van der Waals surface area contributed by atoms with Crippen molar-refractivity contribution in [3.8, 4) is 5.69 Å². The number of benzene rings is 1. The Labute approximate surface area is 127 Å². The summed E-state index contributed by atoms with van der Waals surface area (Å²) in [7, 11) is 0. The Bertz CT molecular complexity index is 623. The molecular weight excluding hydrogens is 296 g/mol. The van der Waals surface area contributed by atoms with Gasteiger partial charge in [0.25, 0.3) is 6.43 Å². The van der Waals surface area contributed by atoms with Gasteiger partial charge in [-0.25, -0.2) is 13.5 Å². The van der Waals surface area contributed by atoms with E-state index in [1.165, 1.54) is 10.9 Å². The monoisotopic (exact) mass is 313 g/mol. The Morgan fingerprint density at radius 3 is 2.62 bits per heavy atom. The van der Waals surface area contributed by atoms with Crippen LogP contribution >= 0.6 is 11.6 Å². The second kappa shape index (κ2) is 6.54. The number of nitrogens with one attached hydrogen (secondary N) is 1. The lowest BCUT2D eigenvalue weighted by atomic mass is 10.2. The molecule has 3 nitrogen and oxygen atoms in total. The molecule has 1 aromatic carbocycles. The number of aromatic nitrogens is 2. The minimum atomic E-state index is -2.60. The van der Waals surface area contributed by atoms with Crippen LogP contribution in [0.5, 0.6) is 0 Å². The zero-order valence-electron chi connectivity index (χ0n) is 12.2. The molecule has 114 valence electrons. The second-order valence-corrected chi connectivity index (χ2v) is 5.64. The molecule has 0 saturated carbocycles. The minimum Gasteiger partial charge on any atom is -0.310 e. The third-order valence-electron chi connectivity index (χ3n) is 3.19. The maximum atomic E-state index is 13.4. The topological polar surface area (TPSA) is 29.9 Å². The first-order valence-corrected chi connectivity index (χ1v) is 7.12. The molecule has 1 aromatic heterocycles. The average Bonchev–Trinajstić information content (AvgIpc) is 2.83. The summed E-state index contributed by atoms with van der Waals surface area (Å²) >= 11 is 6.06. The molecule has 2 aromatic rings. The van der Waals surface area contributed by atoms with Crippen molar-refractivity contribution in [2.24, 2.45) is 0 Å². The first kappa shape index (κ1) is 15.9. The third-order valence-corrected chi connectivity index (χ3v) is 3.60. The van der Waals surface area contributed by atoms with Crippen molar-refractivity contribution in [1.82, 2.24) is 15.1 Å². The lowest BCUT2D eigenvalue weighted by molar-refractivity contribution is 0.141. The Kier molecular flexibility index (Phi) is 4.96. The van der Waals surface area contributed by atoms with Crippen LogP contribution in [-0.4, -0.2) is 15.8 Å². The van der Waals surface area contributed by atoms with Gasteiger partial charge in [-0.3, -0.25) is 0 Å². The fourth-order valence-corrected chi connectivity index (χ4v) is 2.17. The highest BCUT2D eigenvalue weighted by atomic mass is 35.5. The smallest absolute Gasteiger partial charge is 0.280 e. The number of aryl methyl sites for hydroxylation is 1. The molecule has 0 amide bonds. The zero-order valence-corrected chi connectivity index (χ0v) is 13.0. The van der Waals surface area contributed by atoms with Crippen molar-refractivity contribution >= 4 is 11.6 Å². The Morgan fingerprint density at radius 2 is 2.05 bits per heavy atom. The van der Waals surface area contributed by atoms with Crippen molar-refractivity contribution in [2.45, 2.75) is 39.8 Å². The highest BCUT2D eigenvalue weighted by Crippen LogP contribution is 2.27. The molecule has 0 atom stereocenters. The molecule has 1 heterocycles. The maximum absolute atomic E-state index is 13.4. The van der Waals surface area contributed by atoms with E-state index in [1.54, 1.807) is 18.2 Å². The average molecular weight is 314 g/mol. The predicted octanol–water partition coefficient (Wildman–Crippen LogP) is 4.27. The standard InChI is InChI=1S/C15H18ClF2N3/c1-9(2)19-7-11-8-20-21(14(11)15(17)18)12-5-4-10(3)13(16)6-12/h4-6,8-9,15,19H,7H2,1-3H3. The van der Waals surface area contributed by atoms with Gasteiger partial charge >= 0.3 is 0 Å². The Balaban J connectivity index is 2.41. The SMILES string of the molecule is Cc1ccc(-n2ncc(CNC(C)C)c2C(F)F)cc1Cl. The van der Waals surface area contributed by atoms with Gasteiger partial charge in [-0.2, -0.15) is 5.10 Å². The lowest BCUT2D eigenvalue weighted by Gasteiger charge is -2.11. The number of rotatable bonds is 5. The summed E-state index contributed by atoms with van der Waals surface area (Å²) in [5, 5.41) is 7.76. The molecule has 0 unspecified atom stereocenters. The van der Waals surface area contributed by atoms with Crippen molar-refractivity contribution < 1.29 is 8.78 Å². The molecule has 0 aliphatic heterocycles. The fraction of sp³-hybridized carbons (Fsp3) is 0.400. The summed E-state index contributed by atoms with van der Waals surface area (Å²) in [5.41, 5.74) is 1.84. The Morgan fingerprint density at radius 1 is 1.33 bits per heavy atom. The number of nitrogens with zero attached hydrogens (tertiary/aromatic N) is 2. The summed E-state index contributed by atoms with van der Waals surface area (Å²) in [6, 6.07) is 5.39. The van der Waals surface area contributed by atoms with Crippen molar-refractivity contribution in [1.29, 1.82) is 0 Å². The van der Waals surface area contributed by atoms with Crippen LogP contribution in [0.2, 0.25) is 5.02 Å². The summed E-state index contributed by atoms with van der Waals surface area (Å²) < 4.78 is 28.0. The summed E-state index contributed by atoms with van der Waals surface area (Å²) in [5.74, 6) is 0. The first-order valence-electron chi connectivity index (χ1n) is 6.75. The molecule has 0 bridgehead atoms. The number of alkyl halides is 2. The van der Waals surface area contributed by atoms with E-state index in [9.17, 15) is 8.78 Å². The third kappa shape index (κ3) is 3.60. The zero-order chi connectivity index (χ0) is 15.6. The van der Waals surface area contributed by atoms with Crippen LogP contribution in [0.25, 0.3) is 5.69 Å². The van der Waals surface area contributed by atoms with Crippen LogP contribution in [-0.2, 0) is 6.54 Å². The van der Waals surface area contributed by atoms with Crippen LogP contribution < -0.4 is 5.32 Å². The van der Waals surface area contributed by atoms with E-state index < -0.39 is 6.43 Å². The van der Waals surface area contributed by atoms with E-state index in [-0.39, 0.29) is 11.7 Å². The highest BCUT2D eigenvalue weighted by Gasteiger charge is 2.21. The lowest BCUT2D eigenvalue weighted by Crippen LogP contribution is -2.22. The van der Waals surface area contributed by atoms with Gasteiger partial charge < -0.3 is 5.32 Å². The molecule has 21 heavy (non-hydrogen) atoms. The van der Waals surface area contributed by atoms with Crippen molar-refractivity contribution in [2.75, 3.05) is 0 Å². The second-order valence-electron chi connectivity index (χ2n) is 5.24. The van der Waals surface area contributed by atoms with Gasteiger partial charge in [0.15, 0.2) is 0 Å². The molecule has 6 heteroatoms. The van der Waals surface area contributed by atoms with E-state index in [2.05, 4.69) is 10.4 Å². The van der Waals surface area contributed by atoms with E-state index in [0.29, 0.717) is 22.8 Å². The number of halogens is 3. The van der Waals surface area contributed by atoms with Gasteiger partial charge in [-0.15, -0.1) is 0 Å². The first-order chi connectivity index (χ1) is 9.90. The highest BCUT2D eigenvalue weighted by molar-refractivity contribution is 6.31. The molecule has 0 spiro atoms. The normalized spacial score (nSPS) is 11.6. The quantitative estimate of drug-likeness (QED) is 0.893. The summed E-state index contributed by atoms with van der Waals surface area (Å²) in [4.78, 5) is 0. The van der Waals surface area contributed by atoms with Gasteiger partial charge in [0.1, 0.15) is 5.69 Å². The van der Waals surface area contributed by atoms with E-state index in [1.807, 2.05) is 20.8 Å². The molecule has 2 rings (SSSR count). The number of hydrogen-bond donors (Lipinski definition) is 1. The van der Waals surface area contributed by atoms with Crippen LogP contribution in [0, 0.1) is 6.92 Å². The van der Waals surface area contributed by atoms with E-state index in [4.69, 9.17) is 11.6 Å². The molecular formula is C15H18ClF2N3. The van der Waals surface area contributed by atoms with E-state index in [0.717, 1.165) is 5.56 Å². The Hall–Kier alpha value is -1.46. The molecule has 0 fully saturated rings. The van der Waals surface area contributed by atoms with Crippen LogP contribution in [0.4, 0.5) is 8.78 Å². The molecule has 1 N–H and O–H groups in total. The van der Waals surface area contributed by atoms with E-state index >= 15 is 0 Å². The van der Waals surface area contributed by atoms with Crippen LogP contribution in [0.15, 0.2) is 24.4 Å². The van der Waals surface area contributed by atoms with Gasteiger partial charge in [0.05, 0.1) is 11.9 Å². The predicted molar refractivity (Wildman–Crippen MR) is 80.2 cm³/mol. The van der Waals surface area contributed by atoms with Crippen LogP contribution in [0.3, 0.4) is 0 Å². The van der Waals surface area contributed by atoms with Crippen LogP contribution in [0.1, 0.15) is 37.1 Å². The van der Waals surface area contributed by atoms with Crippen molar-refractivity contribution in [3.05, 3.63) is 46.2 Å². The fourth-order valence-electron chi connectivity index (χ4n) is 1.99. The van der Waals surface area contributed by atoms with Gasteiger partial charge in [-0.1, -0.05) is 31.5 Å². The largest absolute Gasteiger partial charge is 0.310 e. The molecule has 0 aliphatic carbocycles. The maximum Gasteiger partial charge on any atom is 0.280 e. The van der Waals surface area contributed by atoms with Gasteiger partial charge in [0, 0.05) is 23.2 Å². The molecule has 0 radical (unpaired) electrons. The minimum absolute atomic E-state index is 0.0944. The summed E-state index contributed by atoms with van der Waals surface area (Å²) in [6.45, 7) is 6.15. The van der Waals surface area contributed by atoms with Gasteiger partial charge in [-0.05, 0) is 24.6 Å². The molecule has 0 aliphatic rings. The summed E-state index contributed by atoms with van der Waals surface area (Å²) in [6.07, 6.45) is -1.12.